The standard InChI is InChI=1S/C21H18N4O2S/c26-20(27-11-8-15-5-2-1-3-6-15)18-19-17(9-12-28-19)24-21(25-18)23-14-16-7-4-10-22-13-16/h1-7,9-10,12-13H,8,11,14H2,(H,23,24,25). The first kappa shape index (κ1) is 18.1. The van der Waals surface area contributed by atoms with Crippen molar-refractivity contribution < 1.29 is 9.53 Å². The number of nitrogens with one attached hydrogen (secondary N) is 1. The van der Waals surface area contributed by atoms with Crippen LogP contribution in [0.5, 0.6) is 0 Å². The number of carbonyl (C=O) groups is 1. The molecule has 0 aliphatic heterocycles. The summed E-state index contributed by atoms with van der Waals surface area (Å²) in [6.07, 6.45) is 4.16. The van der Waals surface area contributed by atoms with Crippen molar-refractivity contribution >= 4 is 33.5 Å². The zero-order chi connectivity index (χ0) is 19.2. The molecule has 0 aliphatic rings. The summed E-state index contributed by atoms with van der Waals surface area (Å²) in [4.78, 5) is 25.6. The summed E-state index contributed by atoms with van der Waals surface area (Å²) in [6.45, 7) is 0.824. The molecule has 1 N–H and O–H groups in total. The van der Waals surface area contributed by atoms with Gasteiger partial charge in [-0.25, -0.2) is 14.8 Å². The number of thiophene rings is 1. The zero-order valence-electron chi connectivity index (χ0n) is 15.0. The Morgan fingerprint density at radius 1 is 1.04 bits per heavy atom. The predicted molar refractivity (Wildman–Crippen MR) is 109 cm³/mol. The highest BCUT2D eigenvalue weighted by Crippen LogP contribution is 2.24. The fourth-order valence-corrected chi connectivity index (χ4v) is 3.55. The summed E-state index contributed by atoms with van der Waals surface area (Å²) in [7, 11) is 0. The number of ether oxygens (including phenoxy) is 1. The van der Waals surface area contributed by atoms with Crippen molar-refractivity contribution in [2.45, 2.75) is 13.0 Å². The Morgan fingerprint density at radius 3 is 2.71 bits per heavy atom. The molecule has 28 heavy (non-hydrogen) atoms. The van der Waals surface area contributed by atoms with Gasteiger partial charge in [0.15, 0.2) is 5.69 Å². The molecule has 140 valence electrons. The minimum absolute atomic E-state index is 0.293. The van der Waals surface area contributed by atoms with Crippen molar-refractivity contribution in [3.8, 4) is 0 Å². The molecule has 4 aromatic rings. The van der Waals surface area contributed by atoms with Crippen LogP contribution < -0.4 is 5.32 Å². The average Bonchev–Trinajstić information content (AvgIpc) is 3.22. The molecule has 0 bridgehead atoms. The highest BCUT2D eigenvalue weighted by atomic mass is 32.1. The minimum atomic E-state index is -0.435. The number of hydrogen-bond donors (Lipinski definition) is 1. The predicted octanol–water partition coefficient (Wildman–Crippen LogP) is 4.10. The molecule has 0 saturated carbocycles. The van der Waals surface area contributed by atoms with Gasteiger partial charge in [-0.1, -0.05) is 36.4 Å². The van der Waals surface area contributed by atoms with Crippen molar-refractivity contribution in [2.24, 2.45) is 0 Å². The maximum atomic E-state index is 12.6. The SMILES string of the molecule is O=C(OCCc1ccccc1)c1nc(NCc2cccnc2)nc2ccsc12. The number of benzene rings is 1. The average molecular weight is 390 g/mol. The van der Waals surface area contributed by atoms with E-state index in [4.69, 9.17) is 4.74 Å². The lowest BCUT2D eigenvalue weighted by atomic mass is 10.2. The highest BCUT2D eigenvalue weighted by Gasteiger charge is 2.17. The largest absolute Gasteiger partial charge is 0.461 e. The van der Waals surface area contributed by atoms with Crippen molar-refractivity contribution in [1.82, 2.24) is 15.0 Å². The molecule has 1 aromatic carbocycles. The van der Waals surface area contributed by atoms with Crippen LogP contribution in [-0.2, 0) is 17.7 Å². The Hall–Kier alpha value is -3.32. The maximum absolute atomic E-state index is 12.6. The van der Waals surface area contributed by atoms with E-state index in [0.29, 0.717) is 31.2 Å². The molecule has 0 amide bonds. The van der Waals surface area contributed by atoms with Gasteiger partial charge in [0.2, 0.25) is 5.95 Å². The van der Waals surface area contributed by atoms with E-state index in [1.165, 1.54) is 11.3 Å². The zero-order valence-corrected chi connectivity index (χ0v) is 15.9. The first-order chi connectivity index (χ1) is 13.8. The topological polar surface area (TPSA) is 77.0 Å². The quantitative estimate of drug-likeness (QED) is 0.479. The fourth-order valence-electron chi connectivity index (χ4n) is 2.74. The Kier molecular flexibility index (Phi) is 5.53. The third-order valence-electron chi connectivity index (χ3n) is 4.14. The van der Waals surface area contributed by atoms with Gasteiger partial charge >= 0.3 is 5.97 Å². The third-order valence-corrected chi connectivity index (χ3v) is 5.05. The molecule has 0 unspecified atom stereocenters. The lowest BCUT2D eigenvalue weighted by Gasteiger charge is -2.08. The number of hydrogen-bond acceptors (Lipinski definition) is 7. The number of anilines is 1. The normalized spacial score (nSPS) is 10.7. The summed E-state index contributed by atoms with van der Waals surface area (Å²) < 4.78 is 6.20. The molecule has 0 aliphatic carbocycles. The Morgan fingerprint density at radius 2 is 1.89 bits per heavy atom. The molecule has 0 radical (unpaired) electrons. The van der Waals surface area contributed by atoms with Gasteiger partial charge in [0, 0.05) is 25.4 Å². The summed E-state index contributed by atoms with van der Waals surface area (Å²) >= 11 is 1.43. The number of fused-ring (bicyclic) bond motifs is 1. The van der Waals surface area contributed by atoms with Gasteiger partial charge in [-0.05, 0) is 28.6 Å². The fraction of sp³-hybridized carbons (Fsp3) is 0.143. The molecule has 0 fully saturated rings. The first-order valence-corrected chi connectivity index (χ1v) is 9.76. The van der Waals surface area contributed by atoms with Crippen molar-refractivity contribution in [3.63, 3.8) is 0 Å². The van der Waals surface area contributed by atoms with Crippen LogP contribution in [0, 0.1) is 0 Å². The summed E-state index contributed by atoms with van der Waals surface area (Å²) in [6, 6.07) is 15.6. The van der Waals surface area contributed by atoms with E-state index in [1.54, 1.807) is 12.4 Å². The van der Waals surface area contributed by atoms with Crippen LogP contribution in [0.25, 0.3) is 10.2 Å². The van der Waals surface area contributed by atoms with E-state index >= 15 is 0 Å². The van der Waals surface area contributed by atoms with Crippen molar-refractivity contribution in [1.29, 1.82) is 0 Å². The Balaban J connectivity index is 1.47. The van der Waals surface area contributed by atoms with Gasteiger partial charge in [0.1, 0.15) is 0 Å². The lowest BCUT2D eigenvalue weighted by molar-refractivity contribution is 0.0505. The van der Waals surface area contributed by atoms with E-state index in [1.807, 2.05) is 53.9 Å². The third kappa shape index (κ3) is 4.32. The molecule has 3 heterocycles. The Bertz CT molecular complexity index is 1070. The molecule has 0 atom stereocenters. The van der Waals surface area contributed by atoms with Gasteiger partial charge in [-0.3, -0.25) is 4.98 Å². The lowest BCUT2D eigenvalue weighted by Crippen LogP contribution is -2.13. The van der Waals surface area contributed by atoms with E-state index in [9.17, 15) is 4.79 Å². The van der Waals surface area contributed by atoms with Crippen molar-refractivity contribution in [3.05, 3.63) is 83.1 Å². The number of nitrogens with zero attached hydrogens (tertiary/aromatic N) is 3. The summed E-state index contributed by atoms with van der Waals surface area (Å²) in [5.74, 6) is -0.0417. The monoisotopic (exact) mass is 390 g/mol. The molecule has 3 aromatic heterocycles. The van der Waals surface area contributed by atoms with Gasteiger partial charge in [0.25, 0.3) is 0 Å². The van der Waals surface area contributed by atoms with Crippen LogP contribution in [0.3, 0.4) is 0 Å². The number of esters is 1. The number of rotatable bonds is 7. The molecule has 7 heteroatoms. The van der Waals surface area contributed by atoms with Gasteiger partial charge in [0.05, 0.1) is 16.8 Å². The molecular weight excluding hydrogens is 372 g/mol. The number of carbonyl (C=O) groups excluding carboxylic acids is 1. The van der Waals surface area contributed by atoms with Gasteiger partial charge in [-0.2, -0.15) is 0 Å². The van der Waals surface area contributed by atoms with Crippen molar-refractivity contribution in [2.75, 3.05) is 11.9 Å². The van der Waals surface area contributed by atoms with E-state index in [2.05, 4.69) is 20.3 Å². The van der Waals surface area contributed by atoms with E-state index < -0.39 is 5.97 Å². The smallest absolute Gasteiger partial charge is 0.358 e. The van der Waals surface area contributed by atoms with Gasteiger partial charge < -0.3 is 10.1 Å². The van der Waals surface area contributed by atoms with Crippen LogP contribution in [0.1, 0.15) is 21.6 Å². The second kappa shape index (κ2) is 8.58. The Labute approximate surface area is 166 Å². The highest BCUT2D eigenvalue weighted by molar-refractivity contribution is 7.17. The first-order valence-electron chi connectivity index (χ1n) is 8.88. The minimum Gasteiger partial charge on any atom is -0.461 e. The summed E-state index contributed by atoms with van der Waals surface area (Å²) in [5, 5.41) is 5.05. The maximum Gasteiger partial charge on any atom is 0.358 e. The van der Waals surface area contributed by atoms with Gasteiger partial charge in [-0.15, -0.1) is 11.3 Å². The van der Waals surface area contributed by atoms with E-state index in [-0.39, 0.29) is 0 Å². The van der Waals surface area contributed by atoms with Crippen LogP contribution in [0.15, 0.2) is 66.3 Å². The van der Waals surface area contributed by atoms with Crippen LogP contribution >= 0.6 is 11.3 Å². The van der Waals surface area contributed by atoms with Crippen LogP contribution in [-0.4, -0.2) is 27.5 Å². The molecule has 6 nitrogen and oxygen atoms in total. The second-order valence-corrected chi connectivity index (χ2v) is 7.03. The second-order valence-electron chi connectivity index (χ2n) is 6.12. The van der Waals surface area contributed by atoms with E-state index in [0.717, 1.165) is 21.3 Å². The van der Waals surface area contributed by atoms with Crippen LogP contribution in [0.4, 0.5) is 5.95 Å². The molecule has 4 rings (SSSR count). The summed E-state index contributed by atoms with van der Waals surface area (Å²) in [5.41, 5.74) is 3.15. The van der Waals surface area contributed by atoms with Crippen LogP contribution in [0.2, 0.25) is 0 Å². The molecular formula is C21H18N4O2S. The molecule has 0 spiro atoms. The number of pyridine rings is 1. The number of aromatic nitrogens is 3. The molecule has 0 saturated heterocycles.